The zero-order valence-corrected chi connectivity index (χ0v) is 39.7. The van der Waals surface area contributed by atoms with E-state index < -0.39 is 17.1 Å². The molecule has 0 aromatic carbocycles. The minimum Gasteiger partial charge on any atom is -0.462 e. The van der Waals surface area contributed by atoms with Gasteiger partial charge >= 0.3 is 30.0 Å². The molecule has 0 saturated heterocycles. The molecule has 4 rings (SSSR count). The molecule has 11 heteroatoms. The zero-order chi connectivity index (χ0) is 45.1. The highest BCUT2D eigenvalue weighted by molar-refractivity contribution is 5.72. The number of nitrogens with one attached hydrogen (secondary N) is 1. The van der Waals surface area contributed by atoms with E-state index in [1.165, 1.54) is 11.1 Å². The lowest BCUT2D eigenvalue weighted by molar-refractivity contribution is -0.225. The van der Waals surface area contributed by atoms with Gasteiger partial charge in [-0.25, -0.2) is 4.79 Å². The molecule has 4 saturated carbocycles. The molecular weight excluding hydrogens is 775 g/mol. The van der Waals surface area contributed by atoms with Crippen LogP contribution in [0.2, 0.25) is 0 Å². The summed E-state index contributed by atoms with van der Waals surface area (Å²) < 4.78 is 30.2. The number of rotatable bonds is 19. The molecule has 11 nitrogen and oxygen atoms in total. The Labute approximate surface area is 367 Å². The summed E-state index contributed by atoms with van der Waals surface area (Å²) in [5, 5.41) is 2.69. The van der Waals surface area contributed by atoms with Gasteiger partial charge in [-0.1, -0.05) is 51.8 Å². The molecule has 0 radical (unpaired) electrons. The molecule has 346 valence electrons. The highest BCUT2D eigenvalue weighted by Crippen LogP contribution is 2.69. The van der Waals surface area contributed by atoms with Crippen molar-refractivity contribution in [1.82, 2.24) is 5.32 Å². The van der Waals surface area contributed by atoms with Crippen LogP contribution in [0.3, 0.4) is 0 Å². The van der Waals surface area contributed by atoms with E-state index in [0.29, 0.717) is 51.4 Å². The minimum atomic E-state index is -0.658. The molecule has 4 fully saturated rings. The van der Waals surface area contributed by atoms with Gasteiger partial charge in [0.25, 0.3) is 0 Å². The van der Waals surface area contributed by atoms with E-state index >= 15 is 0 Å². The van der Waals surface area contributed by atoms with Crippen LogP contribution < -0.4 is 5.32 Å². The Hall–Kier alpha value is -3.37. The van der Waals surface area contributed by atoms with Crippen LogP contribution in [0.1, 0.15) is 179 Å². The van der Waals surface area contributed by atoms with Gasteiger partial charge in [-0.2, -0.15) is 0 Å². The van der Waals surface area contributed by atoms with Gasteiger partial charge in [-0.3, -0.25) is 19.2 Å². The molecule has 0 bridgehead atoms. The van der Waals surface area contributed by atoms with Crippen LogP contribution in [0.25, 0.3) is 0 Å². The average molecular weight is 856 g/mol. The zero-order valence-electron chi connectivity index (χ0n) is 39.7. The largest absolute Gasteiger partial charge is 0.462 e. The molecular formula is C50H81NO10. The number of hydrogen-bond acceptors (Lipinski definition) is 10. The van der Waals surface area contributed by atoms with Gasteiger partial charge in [-0.05, 0) is 160 Å². The van der Waals surface area contributed by atoms with Crippen molar-refractivity contribution in [3.05, 3.63) is 23.3 Å². The lowest BCUT2D eigenvalue weighted by Crippen LogP contribution is -2.63. The highest BCUT2D eigenvalue weighted by Gasteiger charge is 2.67. The van der Waals surface area contributed by atoms with Crippen molar-refractivity contribution in [2.45, 2.75) is 203 Å². The normalized spacial score (nSPS) is 31.3. The van der Waals surface area contributed by atoms with Crippen molar-refractivity contribution in [3.8, 4) is 0 Å². The molecule has 0 aromatic heterocycles. The van der Waals surface area contributed by atoms with Crippen LogP contribution >= 0.6 is 0 Å². The first kappa shape index (κ1) is 50.3. The van der Waals surface area contributed by atoms with E-state index in [9.17, 15) is 24.0 Å². The van der Waals surface area contributed by atoms with Crippen molar-refractivity contribution < 1.29 is 47.7 Å². The smallest absolute Gasteiger partial charge is 0.407 e. The van der Waals surface area contributed by atoms with Crippen molar-refractivity contribution in [3.63, 3.8) is 0 Å². The Morgan fingerprint density at radius 2 is 1.44 bits per heavy atom. The van der Waals surface area contributed by atoms with Crippen LogP contribution in [0.4, 0.5) is 4.79 Å². The number of esters is 4. The van der Waals surface area contributed by atoms with Gasteiger partial charge in [0, 0.05) is 37.1 Å². The second-order valence-corrected chi connectivity index (χ2v) is 20.7. The van der Waals surface area contributed by atoms with E-state index in [0.717, 1.165) is 44.9 Å². The summed E-state index contributed by atoms with van der Waals surface area (Å²) in [6, 6.07) is 0. The summed E-state index contributed by atoms with van der Waals surface area (Å²) in [6.07, 6.45) is 13.3. The molecule has 0 unspecified atom stereocenters. The Morgan fingerprint density at radius 3 is 2.10 bits per heavy atom. The Kier molecular flexibility index (Phi) is 18.4. The minimum absolute atomic E-state index is 0.00647. The lowest BCUT2D eigenvalue weighted by atomic mass is 9.43. The summed E-state index contributed by atoms with van der Waals surface area (Å²) in [7, 11) is 0. The molecule has 0 aromatic rings. The van der Waals surface area contributed by atoms with Crippen molar-refractivity contribution in [1.29, 1.82) is 0 Å². The van der Waals surface area contributed by atoms with Crippen molar-refractivity contribution in [2.75, 3.05) is 13.2 Å². The van der Waals surface area contributed by atoms with Crippen LogP contribution in [0.5, 0.6) is 0 Å². The molecule has 11 atom stereocenters. The Morgan fingerprint density at radius 1 is 0.770 bits per heavy atom. The number of allylic oxidation sites excluding steroid dienone is 3. The predicted molar refractivity (Wildman–Crippen MR) is 236 cm³/mol. The lowest BCUT2D eigenvalue weighted by Gasteiger charge is -2.64. The molecule has 61 heavy (non-hydrogen) atoms. The van der Waals surface area contributed by atoms with Crippen molar-refractivity contribution in [2.24, 2.45) is 46.3 Å². The molecule has 0 spiro atoms. The third kappa shape index (κ3) is 13.6. The summed E-state index contributed by atoms with van der Waals surface area (Å²) in [5.41, 5.74) is 1.30. The van der Waals surface area contributed by atoms with E-state index in [1.807, 2.05) is 19.9 Å². The fraction of sp³-hybridized carbons (Fsp3) is 0.820. The number of alkyl carbamates (subject to hydrolysis) is 1. The van der Waals surface area contributed by atoms with E-state index in [1.54, 1.807) is 20.8 Å². The van der Waals surface area contributed by atoms with Crippen LogP contribution in [0, 0.1) is 46.3 Å². The maximum absolute atomic E-state index is 13.7. The number of carbonyl (C=O) groups excluding carboxylic acids is 5. The van der Waals surface area contributed by atoms with Crippen LogP contribution in [-0.4, -0.2) is 67.0 Å². The topological polar surface area (TPSA) is 144 Å². The second-order valence-electron chi connectivity index (χ2n) is 20.7. The Bertz CT molecular complexity index is 1580. The van der Waals surface area contributed by atoms with Gasteiger partial charge in [0.1, 0.15) is 30.5 Å². The van der Waals surface area contributed by atoms with Gasteiger partial charge in [0.05, 0.1) is 6.42 Å². The SMILES string of the molecule is CCCC(=O)O[C@@H]1CC[C@@]2(C)[C@@H](C1)C[C@@H](OC(=O)CCNC(=O)OC(C)(C)C)[C@@H]1[C@@H]2C[C@H](OC(=O)CCC)[C@]2(C)[C@@H]([C@H](C)CCC(=O)OC/C=C(\C)CCC=C(C)C)CC[C@@H]12. The third-order valence-corrected chi connectivity index (χ3v) is 14.8. The van der Waals surface area contributed by atoms with Crippen LogP contribution in [-0.2, 0) is 42.9 Å². The predicted octanol–water partition coefficient (Wildman–Crippen LogP) is 10.8. The second kappa shape index (κ2) is 22.3. The number of hydrogen-bond donors (Lipinski definition) is 1. The summed E-state index contributed by atoms with van der Waals surface area (Å²) >= 11 is 0. The van der Waals surface area contributed by atoms with Gasteiger partial charge in [-0.15, -0.1) is 0 Å². The molecule has 1 N–H and O–H groups in total. The summed E-state index contributed by atoms with van der Waals surface area (Å²) in [4.78, 5) is 65.3. The number of ether oxygens (including phenoxy) is 5. The quantitative estimate of drug-likeness (QED) is 0.0757. The first-order valence-corrected chi connectivity index (χ1v) is 23.7. The van der Waals surface area contributed by atoms with E-state index in [-0.39, 0.29) is 103 Å². The fourth-order valence-electron chi connectivity index (χ4n) is 11.7. The van der Waals surface area contributed by atoms with Gasteiger partial charge in [0.2, 0.25) is 0 Å². The van der Waals surface area contributed by atoms with Gasteiger partial charge < -0.3 is 29.0 Å². The van der Waals surface area contributed by atoms with E-state index in [2.05, 4.69) is 52.9 Å². The van der Waals surface area contributed by atoms with Crippen molar-refractivity contribution >= 4 is 30.0 Å². The molecule has 4 aliphatic carbocycles. The monoisotopic (exact) mass is 856 g/mol. The number of carbonyl (C=O) groups is 5. The first-order chi connectivity index (χ1) is 28.7. The molecule has 1 amide bonds. The van der Waals surface area contributed by atoms with Gasteiger partial charge in [0.15, 0.2) is 0 Å². The first-order valence-electron chi connectivity index (χ1n) is 23.7. The van der Waals surface area contributed by atoms with E-state index in [4.69, 9.17) is 23.7 Å². The number of amides is 1. The molecule has 0 heterocycles. The third-order valence-electron chi connectivity index (χ3n) is 14.8. The highest BCUT2D eigenvalue weighted by atomic mass is 16.6. The molecule has 0 aliphatic heterocycles. The summed E-state index contributed by atoms with van der Waals surface area (Å²) in [5.74, 6) is -0.203. The average Bonchev–Trinajstić information content (AvgIpc) is 3.52. The standard InChI is InChI=1S/C50H81NO10/c1-12-15-43(53)58-36-23-26-49(10)35(29-36)30-40(59-45(55)24-27-51-47(56)61-48(7,8)9)46-38-21-20-37(50(38,11)41(31-39(46)49)60-44(54)16-13-2)34(6)19-22-42(52)57-28-25-33(5)18-14-17-32(3)4/h17,25,34-41,46H,12-16,18-24,26-31H2,1-11H3,(H,51,56)/b33-25+/t34-,35+,36-,37-,38+,39+,40-,41+,46+,49+,50-/m1/s1. The fourth-order valence-corrected chi connectivity index (χ4v) is 11.7. The molecule has 4 aliphatic rings. The number of fused-ring (bicyclic) bond motifs is 5. The maximum Gasteiger partial charge on any atom is 0.407 e. The summed E-state index contributed by atoms with van der Waals surface area (Å²) in [6.45, 7) is 22.9. The van der Waals surface area contributed by atoms with Crippen LogP contribution in [0.15, 0.2) is 23.3 Å². The Balaban J connectivity index is 1.58. The maximum atomic E-state index is 13.7.